The van der Waals surface area contributed by atoms with Crippen LogP contribution in [0.1, 0.15) is 6.92 Å². The zero-order valence-corrected chi connectivity index (χ0v) is 8.75. The summed E-state index contributed by atoms with van der Waals surface area (Å²) in [5, 5.41) is 0. The van der Waals surface area contributed by atoms with Crippen molar-refractivity contribution in [3.8, 4) is 17.3 Å². The molecule has 0 aliphatic carbocycles. The standard InChI is InChI=1S/C12H10N2O2/c1-9(15)16-12-7-4-6-11(14-12)10-5-2-3-8-13-10/h2-8H,1H3. The van der Waals surface area contributed by atoms with Gasteiger partial charge in [-0.3, -0.25) is 9.78 Å². The van der Waals surface area contributed by atoms with Crippen molar-refractivity contribution in [2.45, 2.75) is 6.92 Å². The molecule has 2 rings (SSSR count). The Balaban J connectivity index is 2.33. The van der Waals surface area contributed by atoms with Gasteiger partial charge in [-0.15, -0.1) is 0 Å². The van der Waals surface area contributed by atoms with Crippen LogP contribution in [0.2, 0.25) is 0 Å². The van der Waals surface area contributed by atoms with E-state index >= 15 is 0 Å². The molecule has 0 spiro atoms. The van der Waals surface area contributed by atoms with Crippen LogP contribution in [0.3, 0.4) is 0 Å². The van der Waals surface area contributed by atoms with Crippen LogP contribution in [0.15, 0.2) is 42.6 Å². The predicted molar refractivity (Wildman–Crippen MR) is 58.8 cm³/mol. The fourth-order valence-electron chi connectivity index (χ4n) is 1.28. The molecule has 4 heteroatoms. The van der Waals surface area contributed by atoms with Crippen molar-refractivity contribution >= 4 is 5.97 Å². The van der Waals surface area contributed by atoms with E-state index in [-0.39, 0.29) is 11.8 Å². The van der Waals surface area contributed by atoms with E-state index in [9.17, 15) is 4.79 Å². The lowest BCUT2D eigenvalue weighted by Gasteiger charge is -2.02. The third-order valence-electron chi connectivity index (χ3n) is 1.90. The fourth-order valence-corrected chi connectivity index (χ4v) is 1.28. The Morgan fingerprint density at radius 1 is 1.12 bits per heavy atom. The molecule has 0 amide bonds. The summed E-state index contributed by atoms with van der Waals surface area (Å²) in [5.41, 5.74) is 1.43. The summed E-state index contributed by atoms with van der Waals surface area (Å²) in [4.78, 5) is 19.1. The number of esters is 1. The van der Waals surface area contributed by atoms with Gasteiger partial charge < -0.3 is 4.74 Å². The van der Waals surface area contributed by atoms with Crippen LogP contribution in [-0.4, -0.2) is 15.9 Å². The number of hydrogen-bond acceptors (Lipinski definition) is 4. The smallest absolute Gasteiger partial charge is 0.309 e. The van der Waals surface area contributed by atoms with Crippen molar-refractivity contribution in [3.63, 3.8) is 0 Å². The highest BCUT2D eigenvalue weighted by molar-refractivity contribution is 5.69. The molecule has 0 bridgehead atoms. The van der Waals surface area contributed by atoms with Crippen LogP contribution < -0.4 is 4.74 Å². The van der Waals surface area contributed by atoms with Crippen molar-refractivity contribution in [3.05, 3.63) is 42.6 Å². The van der Waals surface area contributed by atoms with Crippen LogP contribution in [-0.2, 0) is 4.79 Å². The summed E-state index contributed by atoms with van der Waals surface area (Å²) in [6, 6.07) is 10.8. The van der Waals surface area contributed by atoms with Crippen LogP contribution in [0.25, 0.3) is 11.4 Å². The van der Waals surface area contributed by atoms with E-state index in [4.69, 9.17) is 4.74 Å². The Labute approximate surface area is 92.9 Å². The van der Waals surface area contributed by atoms with E-state index in [1.54, 1.807) is 18.3 Å². The highest BCUT2D eigenvalue weighted by Crippen LogP contribution is 2.16. The van der Waals surface area contributed by atoms with Crippen molar-refractivity contribution in [2.24, 2.45) is 0 Å². The number of ether oxygens (including phenoxy) is 1. The van der Waals surface area contributed by atoms with Gasteiger partial charge >= 0.3 is 5.97 Å². The van der Waals surface area contributed by atoms with E-state index < -0.39 is 0 Å². The summed E-state index contributed by atoms with van der Waals surface area (Å²) in [6.07, 6.45) is 1.69. The van der Waals surface area contributed by atoms with Crippen molar-refractivity contribution < 1.29 is 9.53 Å². The SMILES string of the molecule is CC(=O)Oc1cccc(-c2ccccn2)n1. The fraction of sp³-hybridized carbons (Fsp3) is 0.0833. The molecule has 0 atom stereocenters. The van der Waals surface area contributed by atoms with E-state index in [1.165, 1.54) is 6.92 Å². The first-order chi connectivity index (χ1) is 7.75. The van der Waals surface area contributed by atoms with Gasteiger partial charge in [-0.2, -0.15) is 0 Å². The Bertz CT molecular complexity index is 497. The summed E-state index contributed by atoms with van der Waals surface area (Å²) >= 11 is 0. The summed E-state index contributed by atoms with van der Waals surface area (Å²) in [6.45, 7) is 1.34. The number of nitrogens with zero attached hydrogens (tertiary/aromatic N) is 2. The normalized spacial score (nSPS) is 9.81. The molecule has 2 aromatic heterocycles. The molecular weight excluding hydrogens is 204 g/mol. The summed E-state index contributed by atoms with van der Waals surface area (Å²) in [7, 11) is 0. The van der Waals surface area contributed by atoms with Gasteiger partial charge in [-0.1, -0.05) is 12.1 Å². The predicted octanol–water partition coefficient (Wildman–Crippen LogP) is 2.07. The molecule has 0 saturated carbocycles. The lowest BCUT2D eigenvalue weighted by atomic mass is 10.2. The van der Waals surface area contributed by atoms with E-state index in [1.807, 2.05) is 24.3 Å². The molecule has 2 aromatic rings. The largest absolute Gasteiger partial charge is 0.408 e. The van der Waals surface area contributed by atoms with Gasteiger partial charge in [-0.05, 0) is 18.2 Å². The number of carbonyl (C=O) groups is 1. The van der Waals surface area contributed by atoms with Gasteiger partial charge in [0.25, 0.3) is 0 Å². The highest BCUT2D eigenvalue weighted by Gasteiger charge is 2.03. The first-order valence-corrected chi connectivity index (χ1v) is 4.82. The zero-order chi connectivity index (χ0) is 11.4. The second-order valence-electron chi connectivity index (χ2n) is 3.17. The van der Waals surface area contributed by atoms with Gasteiger partial charge in [-0.25, -0.2) is 4.98 Å². The summed E-state index contributed by atoms with van der Waals surface area (Å²) in [5.74, 6) is -0.0960. The van der Waals surface area contributed by atoms with Crippen molar-refractivity contribution in [1.29, 1.82) is 0 Å². The summed E-state index contributed by atoms with van der Waals surface area (Å²) < 4.78 is 4.90. The third kappa shape index (κ3) is 2.42. The van der Waals surface area contributed by atoms with Gasteiger partial charge in [0.15, 0.2) is 0 Å². The minimum Gasteiger partial charge on any atom is -0.408 e. The average Bonchev–Trinajstić information content (AvgIpc) is 2.30. The first kappa shape index (κ1) is 10.3. The van der Waals surface area contributed by atoms with Crippen LogP contribution in [0.4, 0.5) is 0 Å². The molecule has 0 N–H and O–H groups in total. The molecule has 0 aliphatic rings. The van der Waals surface area contributed by atoms with Gasteiger partial charge in [0.2, 0.25) is 5.88 Å². The monoisotopic (exact) mass is 214 g/mol. The maximum absolute atomic E-state index is 10.8. The van der Waals surface area contributed by atoms with E-state index in [2.05, 4.69) is 9.97 Å². The minimum absolute atomic E-state index is 0.288. The zero-order valence-electron chi connectivity index (χ0n) is 8.75. The van der Waals surface area contributed by atoms with Gasteiger partial charge in [0.1, 0.15) is 0 Å². The van der Waals surface area contributed by atoms with Crippen LogP contribution in [0, 0.1) is 0 Å². The van der Waals surface area contributed by atoms with Gasteiger partial charge in [0, 0.05) is 19.2 Å². The highest BCUT2D eigenvalue weighted by atomic mass is 16.5. The van der Waals surface area contributed by atoms with E-state index in [0.717, 1.165) is 5.69 Å². The molecule has 0 aromatic carbocycles. The number of hydrogen-bond donors (Lipinski definition) is 0. The Morgan fingerprint density at radius 3 is 2.62 bits per heavy atom. The van der Waals surface area contributed by atoms with E-state index in [0.29, 0.717) is 5.69 Å². The molecule has 80 valence electrons. The van der Waals surface area contributed by atoms with Crippen LogP contribution in [0.5, 0.6) is 5.88 Å². The lowest BCUT2D eigenvalue weighted by Crippen LogP contribution is -2.03. The first-order valence-electron chi connectivity index (χ1n) is 4.82. The van der Waals surface area contributed by atoms with Crippen molar-refractivity contribution in [2.75, 3.05) is 0 Å². The second kappa shape index (κ2) is 4.53. The minimum atomic E-state index is -0.384. The maximum atomic E-state index is 10.8. The van der Waals surface area contributed by atoms with Crippen LogP contribution >= 0.6 is 0 Å². The Hall–Kier alpha value is -2.23. The molecule has 0 radical (unpaired) electrons. The molecule has 4 nitrogen and oxygen atoms in total. The molecule has 0 saturated heterocycles. The number of aromatic nitrogens is 2. The average molecular weight is 214 g/mol. The third-order valence-corrected chi connectivity index (χ3v) is 1.90. The Morgan fingerprint density at radius 2 is 1.94 bits per heavy atom. The molecule has 0 fully saturated rings. The quantitative estimate of drug-likeness (QED) is 0.718. The van der Waals surface area contributed by atoms with Crippen molar-refractivity contribution in [1.82, 2.24) is 9.97 Å². The lowest BCUT2D eigenvalue weighted by molar-refractivity contribution is -0.132. The molecule has 0 unspecified atom stereocenters. The Kier molecular flexibility index (Phi) is 2.91. The van der Waals surface area contributed by atoms with Gasteiger partial charge in [0.05, 0.1) is 11.4 Å². The molecular formula is C12H10N2O2. The second-order valence-corrected chi connectivity index (χ2v) is 3.17. The number of rotatable bonds is 2. The molecule has 2 heterocycles. The maximum Gasteiger partial charge on any atom is 0.309 e. The topological polar surface area (TPSA) is 52.1 Å². The molecule has 0 aliphatic heterocycles. The number of carbonyl (C=O) groups excluding carboxylic acids is 1. The molecule has 16 heavy (non-hydrogen) atoms. The number of pyridine rings is 2.